The fourth-order valence-corrected chi connectivity index (χ4v) is 21.6. The van der Waals surface area contributed by atoms with Crippen molar-refractivity contribution in [3.05, 3.63) is 46.6 Å². The van der Waals surface area contributed by atoms with Crippen molar-refractivity contribution in [3.63, 3.8) is 0 Å². The fraction of sp³-hybridized carbons (Fsp3) is 0.522. The van der Waals surface area contributed by atoms with E-state index in [-0.39, 0.29) is 0 Å². The molecule has 1 aromatic carbocycles. The minimum absolute atomic E-state index is 0.537. The van der Waals surface area contributed by atoms with Gasteiger partial charge in [-0.25, -0.2) is 0 Å². The molecule has 2 aromatic rings. The Morgan fingerprint density at radius 3 is 1.85 bits per heavy atom. The maximum atomic E-state index is 6.77. The van der Waals surface area contributed by atoms with Gasteiger partial charge in [0.05, 0.1) is 0 Å². The number of aromatic nitrogens is 1. The van der Waals surface area contributed by atoms with Crippen LogP contribution in [0.1, 0.15) is 59.3 Å². The van der Waals surface area contributed by atoms with E-state index >= 15 is 0 Å². The van der Waals surface area contributed by atoms with E-state index in [2.05, 4.69) is 44.0 Å². The molecule has 0 amide bonds. The van der Waals surface area contributed by atoms with Gasteiger partial charge < -0.3 is 0 Å². The summed E-state index contributed by atoms with van der Waals surface area (Å²) in [6, 6.07) is 12.4. The van der Waals surface area contributed by atoms with Crippen LogP contribution in [0.4, 0.5) is 0 Å². The van der Waals surface area contributed by atoms with Gasteiger partial charge in [-0.3, -0.25) is 0 Å². The molecule has 1 nitrogen and oxygen atoms in total. The molecule has 0 fully saturated rings. The molecule has 0 spiro atoms. The second kappa shape index (κ2) is 11.7. The first-order valence-corrected chi connectivity index (χ1v) is 18.7. The van der Waals surface area contributed by atoms with E-state index < -0.39 is 18.4 Å². The molecule has 148 valence electrons. The Bertz CT molecular complexity index is 696. The molecule has 0 unspecified atom stereocenters. The molecule has 0 saturated heterocycles. The minimum atomic E-state index is -2.62. The monoisotopic (exact) mass is 513 g/mol. The van der Waals surface area contributed by atoms with Crippen molar-refractivity contribution in [2.45, 2.75) is 72.6 Å². The molecule has 0 saturated carbocycles. The molecule has 0 bridgehead atoms. The normalized spacial score (nSPS) is 11.7. The van der Waals surface area contributed by atoms with E-state index in [0.29, 0.717) is 5.15 Å². The zero-order chi connectivity index (χ0) is 19.7. The van der Waals surface area contributed by atoms with Crippen LogP contribution >= 0.6 is 23.2 Å². The second-order valence-electron chi connectivity index (χ2n) is 7.60. The van der Waals surface area contributed by atoms with Gasteiger partial charge in [0, 0.05) is 0 Å². The molecule has 0 aliphatic heterocycles. The van der Waals surface area contributed by atoms with Crippen LogP contribution in [0, 0.1) is 0 Å². The van der Waals surface area contributed by atoms with Crippen LogP contribution in [0.3, 0.4) is 0 Å². The van der Waals surface area contributed by atoms with Crippen molar-refractivity contribution in [1.82, 2.24) is 4.98 Å². The molecule has 1 aromatic heterocycles. The summed E-state index contributed by atoms with van der Waals surface area (Å²) in [4.78, 5) is 4.63. The van der Waals surface area contributed by atoms with Crippen molar-refractivity contribution < 1.29 is 0 Å². The summed E-state index contributed by atoms with van der Waals surface area (Å²) in [5.41, 5.74) is 2.11. The van der Waals surface area contributed by atoms with Gasteiger partial charge in [-0.2, -0.15) is 0 Å². The number of hydrogen-bond acceptors (Lipinski definition) is 1. The molecular formula is C23H33Cl2NSn. The predicted molar refractivity (Wildman–Crippen MR) is 124 cm³/mol. The van der Waals surface area contributed by atoms with Gasteiger partial charge in [0.15, 0.2) is 0 Å². The average Bonchev–Trinajstić information content (AvgIpc) is 2.67. The third kappa shape index (κ3) is 6.11. The van der Waals surface area contributed by atoms with E-state index in [1.54, 1.807) is 3.58 Å². The summed E-state index contributed by atoms with van der Waals surface area (Å²) in [6.45, 7) is 6.94. The molecule has 0 atom stereocenters. The molecule has 2 rings (SSSR count). The van der Waals surface area contributed by atoms with Gasteiger partial charge in [-0.05, 0) is 0 Å². The van der Waals surface area contributed by atoms with Crippen LogP contribution in [0.2, 0.25) is 23.5 Å². The average molecular weight is 513 g/mol. The first-order chi connectivity index (χ1) is 13.1. The van der Waals surface area contributed by atoms with Crippen molar-refractivity contribution in [1.29, 1.82) is 0 Å². The van der Waals surface area contributed by atoms with Gasteiger partial charge in [0.25, 0.3) is 0 Å². The second-order valence-corrected chi connectivity index (χ2v) is 21.5. The number of nitrogens with zero attached hydrogens (tertiary/aromatic N) is 1. The third-order valence-electron chi connectivity index (χ3n) is 5.58. The van der Waals surface area contributed by atoms with Crippen LogP contribution < -0.4 is 3.58 Å². The quantitative estimate of drug-likeness (QED) is 0.219. The number of benzene rings is 1. The molecule has 0 radical (unpaired) electrons. The summed E-state index contributed by atoms with van der Waals surface area (Å²) in [5.74, 6) is 0. The SMILES string of the molecule is CCC[CH2][Sn]([CH2]CCC)([CH2]CCC)[c]1cccc(Cl)c1-c1cccc(Cl)n1. The van der Waals surface area contributed by atoms with E-state index in [1.165, 1.54) is 57.4 Å². The Kier molecular flexibility index (Phi) is 9.96. The predicted octanol–water partition coefficient (Wildman–Crippen LogP) is 8.11. The Morgan fingerprint density at radius 2 is 1.33 bits per heavy atom. The molecule has 27 heavy (non-hydrogen) atoms. The summed E-state index contributed by atoms with van der Waals surface area (Å²) in [6.07, 6.45) is 7.79. The van der Waals surface area contributed by atoms with Gasteiger partial charge >= 0.3 is 181 Å². The molecule has 0 aliphatic carbocycles. The van der Waals surface area contributed by atoms with Crippen molar-refractivity contribution in [2.75, 3.05) is 0 Å². The first-order valence-electron chi connectivity index (χ1n) is 10.5. The topological polar surface area (TPSA) is 12.9 Å². The van der Waals surface area contributed by atoms with Crippen LogP contribution in [-0.2, 0) is 0 Å². The third-order valence-corrected chi connectivity index (χ3v) is 21.8. The Labute approximate surface area is 179 Å². The van der Waals surface area contributed by atoms with E-state index in [1.807, 2.05) is 18.2 Å². The van der Waals surface area contributed by atoms with Gasteiger partial charge in [-0.1, -0.05) is 0 Å². The Morgan fingerprint density at radius 1 is 0.778 bits per heavy atom. The molecule has 1 heterocycles. The molecular weight excluding hydrogens is 480 g/mol. The van der Waals surface area contributed by atoms with E-state index in [4.69, 9.17) is 23.2 Å². The number of unbranched alkanes of at least 4 members (excludes halogenated alkanes) is 3. The van der Waals surface area contributed by atoms with Crippen molar-refractivity contribution in [2.24, 2.45) is 0 Å². The van der Waals surface area contributed by atoms with Gasteiger partial charge in [0.2, 0.25) is 0 Å². The first kappa shape index (κ1) is 23.0. The number of rotatable bonds is 11. The Balaban J connectivity index is 2.64. The maximum absolute atomic E-state index is 6.77. The number of halogens is 2. The van der Waals surface area contributed by atoms with Gasteiger partial charge in [0.1, 0.15) is 0 Å². The zero-order valence-corrected chi connectivity index (χ0v) is 21.4. The van der Waals surface area contributed by atoms with Crippen molar-refractivity contribution >= 4 is 45.2 Å². The molecule has 0 aliphatic rings. The number of hydrogen-bond donors (Lipinski definition) is 0. The number of pyridine rings is 1. The fourth-order valence-electron chi connectivity index (χ4n) is 4.10. The zero-order valence-electron chi connectivity index (χ0n) is 17.0. The van der Waals surface area contributed by atoms with Crippen LogP contribution in [0.25, 0.3) is 11.3 Å². The Hall–Kier alpha value is -0.251. The summed E-state index contributed by atoms with van der Waals surface area (Å²) in [7, 11) is 0. The van der Waals surface area contributed by atoms with Gasteiger partial charge in [-0.15, -0.1) is 0 Å². The summed E-state index contributed by atoms with van der Waals surface area (Å²) < 4.78 is 5.82. The van der Waals surface area contributed by atoms with Crippen LogP contribution in [-0.4, -0.2) is 23.4 Å². The summed E-state index contributed by atoms with van der Waals surface area (Å²) >= 11 is 10.4. The van der Waals surface area contributed by atoms with E-state index in [0.717, 1.165) is 10.7 Å². The summed E-state index contributed by atoms with van der Waals surface area (Å²) in [5, 5.41) is 1.36. The van der Waals surface area contributed by atoms with Crippen molar-refractivity contribution in [3.8, 4) is 11.3 Å². The van der Waals surface area contributed by atoms with Crippen LogP contribution in [0.15, 0.2) is 36.4 Å². The standard InChI is InChI=1S/C11H6Cl2N.3C4H9.Sn/c12-9-5-2-1-4-8(9)10-6-3-7-11(13)14-10;3*1-3-4-2;/h1-3,5-7H;3*1,3-4H2,2H3;. The molecule has 4 heteroatoms. The van der Waals surface area contributed by atoms with E-state index in [9.17, 15) is 0 Å². The van der Waals surface area contributed by atoms with Crippen LogP contribution in [0.5, 0.6) is 0 Å². The molecule has 0 N–H and O–H groups in total.